The Morgan fingerprint density at radius 1 is 1.31 bits per heavy atom. The molecule has 2 aromatic heterocycles. The molecule has 26 heavy (non-hydrogen) atoms. The largest absolute Gasteiger partial charge is 0.390 e. The maximum absolute atomic E-state index is 12.5. The van der Waals surface area contributed by atoms with Crippen molar-refractivity contribution in [3.63, 3.8) is 0 Å². The van der Waals surface area contributed by atoms with E-state index in [9.17, 15) is 9.90 Å². The fourth-order valence-electron chi connectivity index (χ4n) is 3.44. The van der Waals surface area contributed by atoms with Crippen molar-refractivity contribution in [2.75, 3.05) is 0 Å². The number of nitrogens with zero attached hydrogens (tertiary/aromatic N) is 3. The molecule has 3 N–H and O–H groups in total. The minimum atomic E-state index is -0.246. The molecule has 2 atom stereocenters. The molecule has 0 radical (unpaired) electrons. The van der Waals surface area contributed by atoms with Gasteiger partial charge in [0.15, 0.2) is 11.5 Å². The smallest absolute Gasteiger partial charge is 0.273 e. The molecular weight excluding hydrogens is 334 g/mol. The summed E-state index contributed by atoms with van der Waals surface area (Å²) >= 11 is 0. The van der Waals surface area contributed by atoms with Crippen molar-refractivity contribution >= 4 is 5.91 Å². The molecule has 3 aromatic rings. The number of aromatic amines is 1. The highest BCUT2D eigenvalue weighted by Crippen LogP contribution is 2.34. The van der Waals surface area contributed by atoms with Crippen LogP contribution in [-0.4, -0.2) is 37.6 Å². The number of H-pyrrole nitrogens is 1. The van der Waals surface area contributed by atoms with Crippen molar-refractivity contribution in [2.45, 2.75) is 37.8 Å². The number of amides is 1. The van der Waals surface area contributed by atoms with Crippen LogP contribution in [0, 0.1) is 0 Å². The van der Waals surface area contributed by atoms with E-state index in [2.05, 4.69) is 25.9 Å². The van der Waals surface area contributed by atoms with Gasteiger partial charge in [-0.15, -0.1) is 5.10 Å². The van der Waals surface area contributed by atoms with Crippen LogP contribution in [0.25, 0.3) is 11.3 Å². The second-order valence-corrected chi connectivity index (χ2v) is 6.46. The summed E-state index contributed by atoms with van der Waals surface area (Å²) in [6, 6.07) is 11.2. The first kappa shape index (κ1) is 16.5. The molecule has 1 aliphatic carbocycles. The highest BCUT2D eigenvalue weighted by atomic mass is 16.5. The van der Waals surface area contributed by atoms with Crippen LogP contribution in [0.1, 0.15) is 47.1 Å². The van der Waals surface area contributed by atoms with Crippen LogP contribution in [-0.2, 0) is 6.61 Å². The van der Waals surface area contributed by atoms with E-state index in [0.717, 1.165) is 30.5 Å². The second kappa shape index (κ2) is 7.09. The first-order chi connectivity index (χ1) is 12.7. The second-order valence-electron chi connectivity index (χ2n) is 6.46. The molecule has 1 aliphatic rings. The Bertz CT molecular complexity index is 889. The van der Waals surface area contributed by atoms with Crippen molar-refractivity contribution in [2.24, 2.45) is 0 Å². The van der Waals surface area contributed by atoms with Gasteiger partial charge in [-0.3, -0.25) is 9.89 Å². The summed E-state index contributed by atoms with van der Waals surface area (Å²) in [6.07, 6.45) is 2.49. The number of aromatic nitrogens is 4. The van der Waals surface area contributed by atoms with Crippen LogP contribution in [0.15, 0.2) is 40.9 Å². The SMILES string of the molecule is O=C(NC1CCC(c2nn[nH]c2CO)C1)c1cc(-c2ccccc2)on1. The number of benzene rings is 1. The van der Waals surface area contributed by atoms with E-state index in [4.69, 9.17) is 4.52 Å². The molecule has 4 rings (SSSR count). The number of hydrogen-bond acceptors (Lipinski definition) is 6. The lowest BCUT2D eigenvalue weighted by Gasteiger charge is -2.11. The number of aliphatic hydroxyl groups excluding tert-OH is 1. The van der Waals surface area contributed by atoms with Crippen molar-refractivity contribution in [3.8, 4) is 11.3 Å². The zero-order valence-electron chi connectivity index (χ0n) is 14.1. The van der Waals surface area contributed by atoms with Gasteiger partial charge in [-0.05, 0) is 19.3 Å². The predicted octanol–water partition coefficient (Wildman–Crippen LogP) is 2.02. The zero-order chi connectivity index (χ0) is 17.9. The van der Waals surface area contributed by atoms with Gasteiger partial charge in [0.1, 0.15) is 0 Å². The maximum Gasteiger partial charge on any atom is 0.273 e. The Hall–Kier alpha value is -3.00. The first-order valence-corrected chi connectivity index (χ1v) is 8.58. The minimum Gasteiger partial charge on any atom is -0.390 e. The van der Waals surface area contributed by atoms with Crippen molar-refractivity contribution in [1.29, 1.82) is 0 Å². The van der Waals surface area contributed by atoms with E-state index in [0.29, 0.717) is 11.5 Å². The number of hydrogen-bond donors (Lipinski definition) is 3. The Balaban J connectivity index is 1.39. The van der Waals surface area contributed by atoms with Gasteiger partial charge < -0.3 is 14.9 Å². The minimum absolute atomic E-state index is 0.0348. The summed E-state index contributed by atoms with van der Waals surface area (Å²) in [5.41, 5.74) is 2.58. The number of carbonyl (C=O) groups excluding carboxylic acids is 1. The van der Waals surface area contributed by atoms with Crippen LogP contribution < -0.4 is 5.32 Å². The van der Waals surface area contributed by atoms with Gasteiger partial charge in [0.2, 0.25) is 0 Å². The maximum atomic E-state index is 12.5. The van der Waals surface area contributed by atoms with Gasteiger partial charge in [0.05, 0.1) is 18.0 Å². The Kier molecular flexibility index (Phi) is 4.49. The molecule has 134 valence electrons. The number of rotatable bonds is 5. The molecular formula is C18H19N5O3. The molecule has 8 nitrogen and oxygen atoms in total. The zero-order valence-corrected chi connectivity index (χ0v) is 14.1. The van der Waals surface area contributed by atoms with Gasteiger partial charge in [-0.25, -0.2) is 0 Å². The van der Waals surface area contributed by atoms with Crippen LogP contribution in [0.3, 0.4) is 0 Å². The Morgan fingerprint density at radius 2 is 2.15 bits per heavy atom. The molecule has 2 unspecified atom stereocenters. The van der Waals surface area contributed by atoms with Gasteiger partial charge in [-0.2, -0.15) is 0 Å². The van der Waals surface area contributed by atoms with Crippen molar-refractivity contribution in [1.82, 2.24) is 25.9 Å². The summed E-state index contributed by atoms with van der Waals surface area (Å²) in [4.78, 5) is 12.5. The summed E-state index contributed by atoms with van der Waals surface area (Å²) in [7, 11) is 0. The van der Waals surface area contributed by atoms with E-state index in [1.54, 1.807) is 6.07 Å². The Labute approximate surface area is 149 Å². The molecule has 0 aliphatic heterocycles. The quantitative estimate of drug-likeness (QED) is 0.646. The lowest BCUT2D eigenvalue weighted by atomic mass is 10.0. The molecule has 1 saturated carbocycles. The van der Waals surface area contributed by atoms with E-state index in [-0.39, 0.29) is 30.2 Å². The molecule has 0 saturated heterocycles. The van der Waals surface area contributed by atoms with E-state index in [1.807, 2.05) is 30.3 Å². The standard InChI is InChI=1S/C18H19N5O3/c24-10-15-17(21-23-20-15)12-6-7-13(8-12)19-18(25)14-9-16(26-22-14)11-4-2-1-3-5-11/h1-5,9,12-13,24H,6-8,10H2,(H,19,25)(H,20,21,23). The fraction of sp³-hybridized carbons (Fsp3) is 0.333. The molecule has 2 heterocycles. The Morgan fingerprint density at radius 3 is 2.96 bits per heavy atom. The van der Waals surface area contributed by atoms with E-state index < -0.39 is 0 Å². The third-order valence-electron chi connectivity index (χ3n) is 4.77. The van der Waals surface area contributed by atoms with Crippen LogP contribution in [0.4, 0.5) is 0 Å². The molecule has 1 aromatic carbocycles. The highest BCUT2D eigenvalue weighted by Gasteiger charge is 2.31. The normalized spacial score (nSPS) is 19.6. The summed E-state index contributed by atoms with van der Waals surface area (Å²) in [6.45, 7) is -0.114. The average molecular weight is 353 g/mol. The lowest BCUT2D eigenvalue weighted by molar-refractivity contribution is 0.0928. The monoisotopic (exact) mass is 353 g/mol. The van der Waals surface area contributed by atoms with Crippen LogP contribution >= 0.6 is 0 Å². The summed E-state index contributed by atoms with van der Waals surface area (Å²) < 4.78 is 5.29. The molecule has 8 heteroatoms. The predicted molar refractivity (Wildman–Crippen MR) is 92.1 cm³/mol. The third-order valence-corrected chi connectivity index (χ3v) is 4.77. The summed E-state index contributed by atoms with van der Waals surface area (Å²) in [5, 5.41) is 26.8. The van der Waals surface area contributed by atoms with Crippen molar-refractivity contribution < 1.29 is 14.4 Å². The number of aliphatic hydroxyl groups is 1. The highest BCUT2D eigenvalue weighted by molar-refractivity contribution is 5.93. The van der Waals surface area contributed by atoms with Crippen LogP contribution in [0.2, 0.25) is 0 Å². The van der Waals surface area contributed by atoms with E-state index in [1.165, 1.54) is 0 Å². The third kappa shape index (κ3) is 3.23. The number of carbonyl (C=O) groups is 1. The average Bonchev–Trinajstić information content (AvgIpc) is 3.42. The molecule has 0 spiro atoms. The lowest BCUT2D eigenvalue weighted by Crippen LogP contribution is -2.33. The van der Waals surface area contributed by atoms with Crippen molar-refractivity contribution in [3.05, 3.63) is 53.5 Å². The topological polar surface area (TPSA) is 117 Å². The summed E-state index contributed by atoms with van der Waals surface area (Å²) in [5.74, 6) is 0.498. The molecule has 1 amide bonds. The fourth-order valence-corrected chi connectivity index (χ4v) is 3.44. The van der Waals surface area contributed by atoms with Gasteiger partial charge >= 0.3 is 0 Å². The van der Waals surface area contributed by atoms with Gasteiger partial charge in [0, 0.05) is 23.6 Å². The first-order valence-electron chi connectivity index (χ1n) is 8.58. The number of nitrogens with one attached hydrogen (secondary N) is 2. The van der Waals surface area contributed by atoms with Gasteiger partial charge in [-0.1, -0.05) is 40.7 Å². The molecule has 0 bridgehead atoms. The van der Waals surface area contributed by atoms with Crippen LogP contribution in [0.5, 0.6) is 0 Å². The molecule has 1 fully saturated rings. The van der Waals surface area contributed by atoms with E-state index >= 15 is 0 Å². The van der Waals surface area contributed by atoms with Gasteiger partial charge in [0.25, 0.3) is 5.91 Å².